The Morgan fingerprint density at radius 3 is 2.67 bits per heavy atom. The molecule has 7 heteroatoms. The molecule has 0 aromatic heterocycles. The zero-order valence-corrected chi connectivity index (χ0v) is 14.5. The highest BCUT2D eigenvalue weighted by Gasteiger charge is 2.36. The van der Waals surface area contributed by atoms with E-state index in [9.17, 15) is 13.5 Å². The van der Waals surface area contributed by atoms with Gasteiger partial charge in [-0.05, 0) is 17.7 Å². The quantitative estimate of drug-likeness (QED) is 0.851. The van der Waals surface area contributed by atoms with Crippen molar-refractivity contribution in [3.63, 3.8) is 0 Å². The number of rotatable bonds is 5. The first kappa shape index (κ1) is 17.2. The van der Waals surface area contributed by atoms with Gasteiger partial charge in [0.2, 0.25) is 10.0 Å². The van der Waals surface area contributed by atoms with Gasteiger partial charge in [-0.2, -0.15) is 0 Å². The van der Waals surface area contributed by atoms with E-state index in [0.717, 1.165) is 0 Å². The van der Waals surface area contributed by atoms with Crippen LogP contribution in [0.15, 0.2) is 48.5 Å². The fraction of sp³-hybridized carbons (Fsp3) is 0.294. The lowest BCUT2D eigenvalue weighted by Gasteiger charge is -2.34. The number of nitrogens with one attached hydrogen (secondary N) is 1. The molecule has 1 unspecified atom stereocenters. The van der Waals surface area contributed by atoms with Crippen molar-refractivity contribution in [1.29, 1.82) is 0 Å². The van der Waals surface area contributed by atoms with E-state index < -0.39 is 15.6 Å². The van der Waals surface area contributed by atoms with Crippen molar-refractivity contribution in [2.24, 2.45) is 0 Å². The molecule has 2 N–H and O–H groups in total. The molecule has 0 radical (unpaired) electrons. The van der Waals surface area contributed by atoms with E-state index in [1.807, 2.05) is 6.07 Å². The van der Waals surface area contributed by atoms with Crippen LogP contribution in [0.3, 0.4) is 0 Å². The van der Waals surface area contributed by atoms with E-state index in [0.29, 0.717) is 34.9 Å². The van der Waals surface area contributed by atoms with Gasteiger partial charge >= 0.3 is 0 Å². The Hall–Kier alpha value is -1.60. The van der Waals surface area contributed by atoms with E-state index in [1.54, 1.807) is 42.5 Å². The zero-order valence-electron chi connectivity index (χ0n) is 12.9. The Bertz CT molecular complexity index is 840. The van der Waals surface area contributed by atoms with Crippen LogP contribution in [0.2, 0.25) is 5.02 Å². The van der Waals surface area contributed by atoms with Gasteiger partial charge in [-0.15, -0.1) is 0 Å². The predicted molar refractivity (Wildman–Crippen MR) is 92.5 cm³/mol. The standard InChI is InChI=1S/C17H18ClNO4S/c18-15-7-3-1-5-13(15)11-24(21,22)19-12-17(20)9-10-23-16-8-4-2-6-14(16)17/h1-8,19-20H,9-12H2. The summed E-state index contributed by atoms with van der Waals surface area (Å²) in [5.74, 6) is 0.345. The molecule has 3 rings (SSSR count). The van der Waals surface area contributed by atoms with Crippen LogP contribution >= 0.6 is 11.6 Å². The van der Waals surface area contributed by atoms with Crippen molar-refractivity contribution >= 4 is 21.6 Å². The van der Waals surface area contributed by atoms with E-state index in [-0.39, 0.29) is 12.3 Å². The molecule has 0 spiro atoms. The summed E-state index contributed by atoms with van der Waals surface area (Å²) in [6.45, 7) is 0.222. The third kappa shape index (κ3) is 3.72. The van der Waals surface area contributed by atoms with Gasteiger partial charge in [0.05, 0.1) is 12.4 Å². The first-order chi connectivity index (χ1) is 11.4. The van der Waals surface area contributed by atoms with Gasteiger partial charge in [0, 0.05) is 23.6 Å². The molecule has 0 amide bonds. The minimum atomic E-state index is -3.63. The number of sulfonamides is 1. The molecule has 0 fully saturated rings. The molecule has 128 valence electrons. The maximum absolute atomic E-state index is 12.3. The number of ether oxygens (including phenoxy) is 1. The van der Waals surface area contributed by atoms with E-state index >= 15 is 0 Å². The lowest BCUT2D eigenvalue weighted by molar-refractivity contribution is 0.00218. The molecule has 1 atom stereocenters. The summed E-state index contributed by atoms with van der Waals surface area (Å²) < 4.78 is 32.7. The Morgan fingerprint density at radius 2 is 1.88 bits per heavy atom. The lowest BCUT2D eigenvalue weighted by Crippen LogP contribution is -2.44. The van der Waals surface area contributed by atoms with Crippen LogP contribution < -0.4 is 9.46 Å². The highest BCUT2D eigenvalue weighted by Crippen LogP contribution is 2.36. The van der Waals surface area contributed by atoms with Crippen LogP contribution in [0, 0.1) is 0 Å². The summed E-state index contributed by atoms with van der Waals surface area (Å²) in [5.41, 5.74) is -0.176. The van der Waals surface area contributed by atoms with Gasteiger partial charge in [-0.3, -0.25) is 0 Å². The molecule has 1 aliphatic rings. The van der Waals surface area contributed by atoms with Crippen LogP contribution in [0.1, 0.15) is 17.5 Å². The first-order valence-corrected chi connectivity index (χ1v) is 9.58. The van der Waals surface area contributed by atoms with Gasteiger partial charge in [0.1, 0.15) is 11.4 Å². The second-order valence-corrected chi connectivity index (χ2v) is 8.01. The number of aliphatic hydroxyl groups is 1. The molecule has 0 bridgehead atoms. The van der Waals surface area contributed by atoms with Crippen LogP contribution in [-0.4, -0.2) is 26.7 Å². The lowest BCUT2D eigenvalue weighted by atomic mass is 9.88. The van der Waals surface area contributed by atoms with Crippen molar-refractivity contribution < 1.29 is 18.3 Å². The third-order valence-corrected chi connectivity index (χ3v) is 5.69. The Balaban J connectivity index is 1.74. The molecule has 0 aliphatic carbocycles. The van der Waals surface area contributed by atoms with E-state index in [2.05, 4.69) is 4.72 Å². The SMILES string of the molecule is O=S(=O)(Cc1ccccc1Cl)NCC1(O)CCOc2ccccc21. The average Bonchev–Trinajstić information content (AvgIpc) is 2.56. The molecule has 2 aromatic carbocycles. The van der Waals surface area contributed by atoms with Gasteiger partial charge in [-0.1, -0.05) is 48.0 Å². The third-order valence-electron chi connectivity index (χ3n) is 4.05. The fourth-order valence-electron chi connectivity index (χ4n) is 2.73. The number of hydrogen-bond acceptors (Lipinski definition) is 4. The second kappa shape index (κ2) is 6.72. The van der Waals surface area contributed by atoms with Gasteiger partial charge in [0.15, 0.2) is 0 Å². The Morgan fingerprint density at radius 1 is 1.17 bits per heavy atom. The summed E-state index contributed by atoms with van der Waals surface area (Å²) in [6, 6.07) is 13.9. The summed E-state index contributed by atoms with van der Waals surface area (Å²) in [7, 11) is -3.63. The molecule has 24 heavy (non-hydrogen) atoms. The van der Waals surface area contributed by atoms with Crippen molar-refractivity contribution in [1.82, 2.24) is 4.72 Å². The smallest absolute Gasteiger partial charge is 0.215 e. The summed E-state index contributed by atoms with van der Waals surface area (Å²) in [6.07, 6.45) is 0.318. The summed E-state index contributed by atoms with van der Waals surface area (Å²) in [5, 5.41) is 11.3. The summed E-state index contributed by atoms with van der Waals surface area (Å²) in [4.78, 5) is 0. The minimum absolute atomic E-state index is 0.111. The first-order valence-electron chi connectivity index (χ1n) is 7.55. The van der Waals surface area contributed by atoms with Crippen LogP contribution in [0.5, 0.6) is 5.75 Å². The molecule has 0 saturated carbocycles. The Kier molecular flexibility index (Phi) is 4.83. The van der Waals surface area contributed by atoms with Crippen LogP contribution in [-0.2, 0) is 21.4 Å². The molecular formula is C17H18ClNO4S. The monoisotopic (exact) mass is 367 g/mol. The largest absolute Gasteiger partial charge is 0.493 e. The van der Waals surface area contributed by atoms with Crippen LogP contribution in [0.25, 0.3) is 0 Å². The van der Waals surface area contributed by atoms with Crippen LogP contribution in [0.4, 0.5) is 0 Å². The zero-order chi connectivity index (χ0) is 17.2. The molecule has 1 aliphatic heterocycles. The predicted octanol–water partition coefficient (Wildman–Crippen LogP) is 2.43. The topological polar surface area (TPSA) is 75.6 Å². The Labute approximate surface area is 146 Å². The van der Waals surface area contributed by atoms with E-state index in [1.165, 1.54) is 0 Å². The molecule has 0 saturated heterocycles. The van der Waals surface area contributed by atoms with Gasteiger partial charge in [-0.25, -0.2) is 13.1 Å². The number of halogens is 1. The normalized spacial score (nSPS) is 20.2. The maximum atomic E-state index is 12.3. The molecule has 5 nitrogen and oxygen atoms in total. The second-order valence-electron chi connectivity index (χ2n) is 5.80. The molecular weight excluding hydrogens is 350 g/mol. The van der Waals surface area contributed by atoms with Gasteiger partial charge in [0.25, 0.3) is 0 Å². The van der Waals surface area contributed by atoms with Gasteiger partial charge < -0.3 is 9.84 Å². The maximum Gasteiger partial charge on any atom is 0.215 e. The number of hydrogen-bond donors (Lipinski definition) is 2. The van der Waals surface area contributed by atoms with E-state index in [4.69, 9.17) is 16.3 Å². The van der Waals surface area contributed by atoms with Crippen molar-refractivity contribution in [3.05, 3.63) is 64.7 Å². The van der Waals surface area contributed by atoms with Crippen molar-refractivity contribution in [2.75, 3.05) is 13.2 Å². The molecule has 1 heterocycles. The highest BCUT2D eigenvalue weighted by molar-refractivity contribution is 7.88. The minimum Gasteiger partial charge on any atom is -0.493 e. The van der Waals surface area contributed by atoms with Crippen molar-refractivity contribution in [3.8, 4) is 5.75 Å². The van der Waals surface area contributed by atoms with Crippen molar-refractivity contribution in [2.45, 2.75) is 17.8 Å². The highest BCUT2D eigenvalue weighted by atomic mass is 35.5. The number of para-hydroxylation sites is 1. The summed E-state index contributed by atoms with van der Waals surface area (Å²) >= 11 is 6.02. The fourth-order valence-corrected chi connectivity index (χ4v) is 4.23. The number of benzene rings is 2. The average molecular weight is 368 g/mol. The number of fused-ring (bicyclic) bond motifs is 1. The molecule has 2 aromatic rings.